The van der Waals surface area contributed by atoms with Crippen molar-refractivity contribution in [2.75, 3.05) is 6.54 Å². The fraction of sp³-hybridized carbons (Fsp3) is 0.400. The molecule has 0 saturated carbocycles. The molecule has 0 radical (unpaired) electrons. The first-order valence-electron chi connectivity index (χ1n) is 4.86. The zero-order chi connectivity index (χ0) is 11.7. The van der Waals surface area contributed by atoms with E-state index >= 15 is 0 Å². The van der Waals surface area contributed by atoms with Gasteiger partial charge in [-0.15, -0.1) is 5.06 Å². The molecule has 0 fully saturated rings. The van der Waals surface area contributed by atoms with E-state index in [9.17, 15) is 4.79 Å². The molecular weight excluding hydrogens is 210 g/mol. The lowest BCUT2D eigenvalue weighted by Crippen LogP contribution is -2.35. The van der Waals surface area contributed by atoms with Gasteiger partial charge in [0.1, 0.15) is 6.07 Å². The molecule has 16 heavy (non-hydrogen) atoms. The topological polar surface area (TPSA) is 78.5 Å². The van der Waals surface area contributed by atoms with Gasteiger partial charge in [0.05, 0.1) is 24.3 Å². The smallest absolute Gasteiger partial charge is 0.448 e. The maximum atomic E-state index is 10.4. The van der Waals surface area contributed by atoms with Crippen molar-refractivity contribution in [1.82, 2.24) is 9.63 Å². The molecule has 2 heterocycles. The Kier molecular flexibility index (Phi) is 2.54. The molecule has 2 rings (SSSR count). The average Bonchev–Trinajstić information content (AvgIpc) is 2.54. The van der Waals surface area contributed by atoms with Crippen LogP contribution in [0.15, 0.2) is 6.07 Å². The summed E-state index contributed by atoms with van der Waals surface area (Å²) >= 11 is 0. The predicted octanol–water partition coefficient (Wildman–Crippen LogP) is 1.09. The van der Waals surface area contributed by atoms with Gasteiger partial charge >= 0.3 is 6.16 Å². The summed E-state index contributed by atoms with van der Waals surface area (Å²) in [5, 5.41) is 18.8. The largest absolute Gasteiger partial charge is 0.525 e. The average molecular weight is 221 g/mol. The third kappa shape index (κ3) is 1.73. The van der Waals surface area contributed by atoms with Crippen LogP contribution in [-0.4, -0.2) is 27.4 Å². The van der Waals surface area contributed by atoms with Crippen LogP contribution in [-0.2, 0) is 17.9 Å². The minimum atomic E-state index is -1.32. The lowest BCUT2D eigenvalue weighted by molar-refractivity contribution is -0.136. The van der Waals surface area contributed by atoms with Crippen LogP contribution >= 0.6 is 0 Å². The van der Waals surface area contributed by atoms with Crippen molar-refractivity contribution in [3.8, 4) is 6.07 Å². The number of hydrogen-bond donors (Lipinski definition) is 1. The number of aromatic nitrogens is 1. The number of carboxylic acid groups (broad SMARTS) is 1. The molecule has 0 saturated heterocycles. The Morgan fingerprint density at radius 3 is 3.00 bits per heavy atom. The van der Waals surface area contributed by atoms with E-state index in [2.05, 4.69) is 10.9 Å². The van der Waals surface area contributed by atoms with Crippen molar-refractivity contribution in [3.05, 3.63) is 23.0 Å². The lowest BCUT2D eigenvalue weighted by Gasteiger charge is -2.26. The van der Waals surface area contributed by atoms with E-state index in [0.29, 0.717) is 25.2 Å². The van der Waals surface area contributed by atoms with Crippen molar-refractivity contribution in [2.24, 2.45) is 0 Å². The Morgan fingerprint density at radius 2 is 2.38 bits per heavy atom. The molecule has 1 aromatic rings. The van der Waals surface area contributed by atoms with Gasteiger partial charge < -0.3 is 14.5 Å². The Morgan fingerprint density at radius 1 is 1.62 bits per heavy atom. The Hall–Kier alpha value is -2.00. The van der Waals surface area contributed by atoms with Gasteiger partial charge in [0.15, 0.2) is 0 Å². The minimum absolute atomic E-state index is 0.322. The van der Waals surface area contributed by atoms with E-state index in [1.807, 2.05) is 11.5 Å². The van der Waals surface area contributed by atoms with Crippen LogP contribution in [0.1, 0.15) is 17.0 Å². The third-order valence-corrected chi connectivity index (χ3v) is 2.64. The first-order valence-corrected chi connectivity index (χ1v) is 4.86. The second-order valence-electron chi connectivity index (χ2n) is 3.63. The first kappa shape index (κ1) is 10.5. The predicted molar refractivity (Wildman–Crippen MR) is 53.4 cm³/mol. The number of fused-ring (bicyclic) bond motifs is 1. The molecule has 1 aliphatic rings. The van der Waals surface area contributed by atoms with E-state index in [4.69, 9.17) is 10.4 Å². The summed E-state index contributed by atoms with van der Waals surface area (Å²) in [6, 6.07) is 3.90. The SMILES string of the molecule is Cc1cc(C#N)c2n1CCN(OC(=O)O)C2. The highest BCUT2D eigenvalue weighted by molar-refractivity contribution is 5.56. The molecule has 6 heteroatoms. The monoisotopic (exact) mass is 221 g/mol. The number of nitrogens with zero attached hydrogens (tertiary/aromatic N) is 3. The second kappa shape index (κ2) is 3.87. The van der Waals surface area contributed by atoms with Crippen molar-refractivity contribution >= 4 is 6.16 Å². The van der Waals surface area contributed by atoms with E-state index in [1.54, 1.807) is 6.07 Å². The Balaban J connectivity index is 2.26. The van der Waals surface area contributed by atoms with Gasteiger partial charge in [0, 0.05) is 12.2 Å². The molecule has 0 atom stereocenters. The normalized spacial score (nSPS) is 15.2. The maximum Gasteiger partial charge on any atom is 0.525 e. The summed E-state index contributed by atoms with van der Waals surface area (Å²) in [7, 11) is 0. The fourth-order valence-corrected chi connectivity index (χ4v) is 1.95. The molecule has 0 bridgehead atoms. The van der Waals surface area contributed by atoms with Crippen molar-refractivity contribution in [1.29, 1.82) is 5.26 Å². The number of rotatable bonds is 1. The van der Waals surface area contributed by atoms with Crippen molar-refractivity contribution in [3.63, 3.8) is 0 Å². The summed E-state index contributed by atoms with van der Waals surface area (Å²) < 4.78 is 2.01. The highest BCUT2D eigenvalue weighted by Crippen LogP contribution is 2.21. The molecule has 0 unspecified atom stereocenters. The quantitative estimate of drug-likeness (QED) is 0.768. The van der Waals surface area contributed by atoms with Crippen LogP contribution in [0.2, 0.25) is 0 Å². The van der Waals surface area contributed by atoms with Gasteiger partial charge in [0.2, 0.25) is 0 Å². The Bertz CT molecular complexity index is 472. The van der Waals surface area contributed by atoms with Crippen LogP contribution in [0, 0.1) is 18.3 Å². The highest BCUT2D eigenvalue weighted by Gasteiger charge is 2.23. The summed E-state index contributed by atoms with van der Waals surface area (Å²) in [6.45, 7) is 3.39. The number of aryl methyl sites for hydroxylation is 1. The summed E-state index contributed by atoms with van der Waals surface area (Å²) in [5.74, 6) is 0. The number of hydroxylamine groups is 2. The van der Waals surface area contributed by atoms with Crippen LogP contribution in [0.5, 0.6) is 0 Å². The summed E-state index contributed by atoms with van der Waals surface area (Å²) in [6.07, 6.45) is -1.32. The van der Waals surface area contributed by atoms with E-state index < -0.39 is 6.16 Å². The molecule has 1 aromatic heterocycles. The molecule has 0 aliphatic carbocycles. The van der Waals surface area contributed by atoms with E-state index in [1.165, 1.54) is 5.06 Å². The van der Waals surface area contributed by atoms with Gasteiger partial charge in [-0.05, 0) is 13.0 Å². The molecule has 1 N–H and O–H groups in total. The zero-order valence-corrected chi connectivity index (χ0v) is 8.80. The molecule has 1 aliphatic heterocycles. The molecule has 0 amide bonds. The van der Waals surface area contributed by atoms with Gasteiger partial charge in [-0.2, -0.15) is 5.26 Å². The van der Waals surface area contributed by atoms with E-state index in [-0.39, 0.29) is 0 Å². The van der Waals surface area contributed by atoms with Gasteiger partial charge in [-0.3, -0.25) is 0 Å². The molecule has 0 aromatic carbocycles. The summed E-state index contributed by atoms with van der Waals surface area (Å²) in [5.41, 5.74) is 2.41. The van der Waals surface area contributed by atoms with Crippen LogP contribution in [0.3, 0.4) is 0 Å². The van der Waals surface area contributed by atoms with Gasteiger partial charge in [-0.1, -0.05) is 0 Å². The Labute approximate surface area is 92.2 Å². The molecule has 0 spiro atoms. The summed E-state index contributed by atoms with van der Waals surface area (Å²) in [4.78, 5) is 15.0. The molecule has 84 valence electrons. The minimum Gasteiger partial charge on any atom is -0.448 e. The standard InChI is InChI=1S/C10H11N3O3/c1-7-4-8(5-11)9-6-12(16-10(14)15)2-3-13(7)9/h4H,2-3,6H2,1H3,(H,14,15). The van der Waals surface area contributed by atoms with Crippen LogP contribution in [0.25, 0.3) is 0 Å². The van der Waals surface area contributed by atoms with E-state index in [0.717, 1.165) is 11.4 Å². The number of carbonyl (C=O) groups is 1. The first-order chi connectivity index (χ1) is 7.61. The highest BCUT2D eigenvalue weighted by atomic mass is 16.8. The molecular formula is C10H11N3O3. The lowest BCUT2D eigenvalue weighted by atomic mass is 10.2. The maximum absolute atomic E-state index is 10.4. The van der Waals surface area contributed by atoms with Gasteiger partial charge in [-0.25, -0.2) is 4.79 Å². The second-order valence-corrected chi connectivity index (χ2v) is 3.63. The van der Waals surface area contributed by atoms with Crippen molar-refractivity contribution in [2.45, 2.75) is 20.0 Å². The van der Waals surface area contributed by atoms with Crippen LogP contribution in [0.4, 0.5) is 4.79 Å². The van der Waals surface area contributed by atoms with Crippen LogP contribution < -0.4 is 0 Å². The molecule has 6 nitrogen and oxygen atoms in total. The van der Waals surface area contributed by atoms with Crippen molar-refractivity contribution < 1.29 is 14.7 Å². The number of hydrogen-bond acceptors (Lipinski definition) is 4. The fourth-order valence-electron chi connectivity index (χ4n) is 1.95. The number of nitriles is 1. The zero-order valence-electron chi connectivity index (χ0n) is 8.80. The van der Waals surface area contributed by atoms with Gasteiger partial charge in [0.25, 0.3) is 0 Å². The third-order valence-electron chi connectivity index (χ3n) is 2.64.